The molecule has 0 saturated heterocycles. The molecule has 0 atom stereocenters. The number of carboxylic acid groups (broad SMARTS) is 1. The Morgan fingerprint density at radius 2 is 1.62 bits per heavy atom. The number of nitrogens with two attached hydrogens (primary N) is 1. The van der Waals surface area contributed by atoms with Gasteiger partial charge in [0.2, 0.25) is 5.91 Å². The summed E-state index contributed by atoms with van der Waals surface area (Å²) < 4.78 is 14.1. The second-order valence-electron chi connectivity index (χ2n) is 7.13. The first-order valence-corrected chi connectivity index (χ1v) is 9.81. The Kier molecular flexibility index (Phi) is 7.17. The lowest BCUT2D eigenvalue weighted by molar-refractivity contribution is -0.122. The molecule has 3 aromatic carbocycles. The van der Waals surface area contributed by atoms with Gasteiger partial charge in [-0.2, -0.15) is 0 Å². The van der Waals surface area contributed by atoms with Gasteiger partial charge in [-0.1, -0.05) is 48.5 Å². The molecule has 0 unspecified atom stereocenters. The standard InChI is InChI=1S/C24H22FN3O4/c25-21-9-5-4-8-19(21)23(30)20-12-18(26)11-10-17(20)13-27-22(29)15-28(24(31)32)14-16-6-2-1-3-7-16/h1-12H,13-15,26H2,(H,27,29)(H,31,32). The zero-order valence-corrected chi connectivity index (χ0v) is 17.1. The number of nitrogens with one attached hydrogen (secondary N) is 1. The van der Waals surface area contributed by atoms with Crippen molar-refractivity contribution in [2.24, 2.45) is 0 Å². The van der Waals surface area contributed by atoms with Crippen LogP contribution in [0.25, 0.3) is 0 Å². The van der Waals surface area contributed by atoms with Crippen LogP contribution in [-0.2, 0) is 17.9 Å². The molecular formula is C24H22FN3O4. The van der Waals surface area contributed by atoms with Crippen molar-refractivity contribution >= 4 is 23.5 Å². The fourth-order valence-corrected chi connectivity index (χ4v) is 3.17. The van der Waals surface area contributed by atoms with Gasteiger partial charge in [0.05, 0.1) is 5.56 Å². The Morgan fingerprint density at radius 1 is 0.938 bits per heavy atom. The van der Waals surface area contributed by atoms with E-state index < -0.39 is 23.6 Å². The van der Waals surface area contributed by atoms with E-state index in [1.807, 2.05) is 6.07 Å². The second-order valence-corrected chi connectivity index (χ2v) is 7.13. The summed E-state index contributed by atoms with van der Waals surface area (Å²) in [6.45, 7) is -0.369. The molecule has 2 amide bonds. The van der Waals surface area contributed by atoms with Crippen LogP contribution in [-0.4, -0.2) is 34.3 Å². The molecule has 3 aromatic rings. The molecule has 8 heteroatoms. The van der Waals surface area contributed by atoms with Crippen LogP contribution in [0.3, 0.4) is 0 Å². The third-order valence-corrected chi connectivity index (χ3v) is 4.79. The van der Waals surface area contributed by atoms with Gasteiger partial charge in [0.1, 0.15) is 12.4 Å². The summed E-state index contributed by atoms with van der Waals surface area (Å²) in [6, 6.07) is 19.1. The molecule has 0 heterocycles. The molecule has 0 aliphatic carbocycles. The van der Waals surface area contributed by atoms with E-state index in [4.69, 9.17) is 5.73 Å². The lowest BCUT2D eigenvalue weighted by Gasteiger charge is -2.19. The van der Waals surface area contributed by atoms with E-state index >= 15 is 0 Å². The van der Waals surface area contributed by atoms with Gasteiger partial charge in [-0.15, -0.1) is 0 Å². The van der Waals surface area contributed by atoms with E-state index in [0.29, 0.717) is 11.3 Å². The normalized spacial score (nSPS) is 10.4. The number of anilines is 1. The summed E-state index contributed by atoms with van der Waals surface area (Å²) in [6.07, 6.45) is -1.23. The molecular weight excluding hydrogens is 413 g/mol. The number of benzene rings is 3. The minimum atomic E-state index is -1.23. The Balaban J connectivity index is 1.71. The Hall–Kier alpha value is -4.20. The molecule has 4 N–H and O–H groups in total. The average molecular weight is 435 g/mol. The lowest BCUT2D eigenvalue weighted by atomic mass is 9.97. The molecule has 0 fully saturated rings. The molecule has 0 spiro atoms. The molecule has 7 nitrogen and oxygen atoms in total. The van der Waals surface area contributed by atoms with Crippen molar-refractivity contribution < 1.29 is 23.9 Å². The third-order valence-electron chi connectivity index (χ3n) is 4.79. The fourth-order valence-electron chi connectivity index (χ4n) is 3.17. The number of ketones is 1. The van der Waals surface area contributed by atoms with Crippen molar-refractivity contribution in [2.75, 3.05) is 12.3 Å². The van der Waals surface area contributed by atoms with E-state index in [0.717, 1.165) is 10.5 Å². The van der Waals surface area contributed by atoms with Gasteiger partial charge in [0.15, 0.2) is 5.78 Å². The summed E-state index contributed by atoms with van der Waals surface area (Å²) >= 11 is 0. The smallest absolute Gasteiger partial charge is 0.408 e. The van der Waals surface area contributed by atoms with E-state index in [-0.39, 0.29) is 30.8 Å². The number of hydrogen-bond donors (Lipinski definition) is 3. The highest BCUT2D eigenvalue weighted by Crippen LogP contribution is 2.20. The van der Waals surface area contributed by atoms with Gasteiger partial charge in [-0.25, -0.2) is 9.18 Å². The highest BCUT2D eigenvalue weighted by Gasteiger charge is 2.19. The zero-order valence-electron chi connectivity index (χ0n) is 17.1. The van der Waals surface area contributed by atoms with Crippen LogP contribution in [0.1, 0.15) is 27.0 Å². The number of halogens is 1. The van der Waals surface area contributed by atoms with E-state index in [2.05, 4.69) is 5.32 Å². The summed E-state index contributed by atoms with van der Waals surface area (Å²) in [4.78, 5) is 37.8. The first kappa shape index (κ1) is 22.5. The first-order valence-electron chi connectivity index (χ1n) is 9.81. The second kappa shape index (κ2) is 10.2. The fraction of sp³-hybridized carbons (Fsp3) is 0.125. The highest BCUT2D eigenvalue weighted by molar-refractivity contribution is 6.10. The third kappa shape index (κ3) is 5.69. The van der Waals surface area contributed by atoms with Crippen LogP contribution < -0.4 is 11.1 Å². The molecule has 32 heavy (non-hydrogen) atoms. The first-order chi connectivity index (χ1) is 15.3. The quantitative estimate of drug-likeness (QED) is 0.371. The minimum Gasteiger partial charge on any atom is -0.465 e. The van der Waals surface area contributed by atoms with Crippen molar-refractivity contribution in [1.29, 1.82) is 0 Å². The molecule has 0 radical (unpaired) electrons. The predicted octanol–water partition coefficient (Wildman–Crippen LogP) is 3.44. The Morgan fingerprint density at radius 3 is 2.31 bits per heavy atom. The van der Waals surface area contributed by atoms with Crippen molar-refractivity contribution in [2.45, 2.75) is 13.1 Å². The highest BCUT2D eigenvalue weighted by atomic mass is 19.1. The van der Waals surface area contributed by atoms with Crippen LogP contribution in [0.4, 0.5) is 14.9 Å². The lowest BCUT2D eigenvalue weighted by Crippen LogP contribution is -2.39. The number of amides is 2. The van der Waals surface area contributed by atoms with Gasteiger partial charge >= 0.3 is 6.09 Å². The maximum absolute atomic E-state index is 14.1. The maximum Gasteiger partial charge on any atom is 0.408 e. The molecule has 0 aliphatic rings. The number of hydrogen-bond acceptors (Lipinski definition) is 4. The average Bonchev–Trinajstić information content (AvgIpc) is 2.78. The molecule has 0 aromatic heterocycles. The molecule has 3 rings (SSSR count). The number of rotatable bonds is 8. The van der Waals surface area contributed by atoms with Gasteiger partial charge in [-0.3, -0.25) is 14.5 Å². The Labute approximate surface area is 184 Å². The summed E-state index contributed by atoms with van der Waals surface area (Å²) in [5, 5.41) is 12.0. The van der Waals surface area contributed by atoms with Crippen LogP contribution in [0.5, 0.6) is 0 Å². The maximum atomic E-state index is 14.1. The van der Waals surface area contributed by atoms with Crippen molar-refractivity contribution in [3.8, 4) is 0 Å². The van der Waals surface area contributed by atoms with E-state index in [9.17, 15) is 23.9 Å². The van der Waals surface area contributed by atoms with Gasteiger partial charge < -0.3 is 16.2 Å². The van der Waals surface area contributed by atoms with E-state index in [1.54, 1.807) is 42.5 Å². The number of nitrogens with zero attached hydrogens (tertiary/aromatic N) is 1. The Bertz CT molecular complexity index is 1140. The van der Waals surface area contributed by atoms with Gasteiger partial charge in [0.25, 0.3) is 0 Å². The van der Waals surface area contributed by atoms with Gasteiger partial charge in [0, 0.05) is 24.3 Å². The molecule has 0 aliphatic heterocycles. The summed E-state index contributed by atoms with van der Waals surface area (Å²) in [5.74, 6) is -1.76. The predicted molar refractivity (Wildman–Crippen MR) is 117 cm³/mol. The molecule has 0 bridgehead atoms. The van der Waals surface area contributed by atoms with E-state index in [1.165, 1.54) is 24.3 Å². The topological polar surface area (TPSA) is 113 Å². The summed E-state index contributed by atoms with van der Waals surface area (Å²) in [5.41, 5.74) is 7.36. The zero-order chi connectivity index (χ0) is 23.1. The van der Waals surface area contributed by atoms with Crippen LogP contribution >= 0.6 is 0 Å². The van der Waals surface area contributed by atoms with Crippen molar-refractivity contribution in [3.63, 3.8) is 0 Å². The van der Waals surface area contributed by atoms with Crippen LogP contribution in [0, 0.1) is 5.82 Å². The number of carbonyl (C=O) groups is 3. The van der Waals surface area contributed by atoms with Gasteiger partial charge in [-0.05, 0) is 35.4 Å². The minimum absolute atomic E-state index is 0.0482. The SMILES string of the molecule is Nc1ccc(CNC(=O)CN(Cc2ccccc2)C(=O)O)c(C(=O)c2ccccc2F)c1. The summed E-state index contributed by atoms with van der Waals surface area (Å²) in [7, 11) is 0. The number of carbonyl (C=O) groups excluding carboxylic acids is 2. The van der Waals surface area contributed by atoms with Crippen molar-refractivity contribution in [3.05, 3.63) is 101 Å². The van der Waals surface area contributed by atoms with Crippen molar-refractivity contribution in [1.82, 2.24) is 10.2 Å². The van der Waals surface area contributed by atoms with Crippen LogP contribution in [0.15, 0.2) is 72.8 Å². The molecule has 164 valence electrons. The molecule has 0 saturated carbocycles. The largest absolute Gasteiger partial charge is 0.465 e. The number of nitrogen functional groups attached to an aromatic ring is 1. The monoisotopic (exact) mass is 435 g/mol. The van der Waals surface area contributed by atoms with Crippen LogP contribution in [0.2, 0.25) is 0 Å².